The van der Waals surface area contributed by atoms with Gasteiger partial charge in [0.05, 0.1) is 5.56 Å². The van der Waals surface area contributed by atoms with Gasteiger partial charge in [-0.2, -0.15) is 13.2 Å². The lowest BCUT2D eigenvalue weighted by molar-refractivity contribution is -0.137. The van der Waals surface area contributed by atoms with Crippen LogP contribution in [0.3, 0.4) is 0 Å². The number of piperidine rings is 1. The summed E-state index contributed by atoms with van der Waals surface area (Å²) in [6.07, 6.45) is -4.32. The second kappa shape index (κ2) is 6.63. The Morgan fingerprint density at radius 2 is 1.96 bits per heavy atom. The van der Waals surface area contributed by atoms with Crippen molar-refractivity contribution >= 4 is 6.09 Å². The Hall–Kier alpha value is -1.76. The molecule has 0 aliphatic carbocycles. The minimum absolute atomic E-state index is 0.217. The molecule has 1 aromatic rings. The first-order valence-electron chi connectivity index (χ1n) is 7.88. The van der Waals surface area contributed by atoms with Crippen molar-refractivity contribution in [2.75, 3.05) is 13.1 Å². The number of carbonyl (C=O) groups is 1. The number of amides is 1. The molecule has 1 saturated heterocycles. The SMILES string of the molecule is CC(C)(C)OC(=O)N1CC[C@H](c2cccc(C(F)(F)F)c2)[C@H](N)C1. The van der Waals surface area contributed by atoms with Crippen molar-refractivity contribution in [2.24, 2.45) is 5.73 Å². The van der Waals surface area contributed by atoms with Crippen LogP contribution in [0.4, 0.5) is 18.0 Å². The summed E-state index contributed by atoms with van der Waals surface area (Å²) in [5.41, 5.74) is 5.41. The van der Waals surface area contributed by atoms with Crippen molar-refractivity contribution in [3.05, 3.63) is 35.4 Å². The van der Waals surface area contributed by atoms with E-state index in [1.54, 1.807) is 26.8 Å². The topological polar surface area (TPSA) is 55.6 Å². The number of halogens is 3. The average molecular weight is 344 g/mol. The number of hydrogen-bond acceptors (Lipinski definition) is 3. The third-order valence-electron chi connectivity index (χ3n) is 3.95. The molecule has 0 bridgehead atoms. The van der Waals surface area contributed by atoms with Crippen LogP contribution in [-0.4, -0.2) is 35.7 Å². The molecule has 2 atom stereocenters. The van der Waals surface area contributed by atoms with Crippen molar-refractivity contribution in [1.29, 1.82) is 0 Å². The van der Waals surface area contributed by atoms with Gasteiger partial charge in [0.2, 0.25) is 0 Å². The second-order valence-corrected chi connectivity index (χ2v) is 7.11. The molecule has 1 aliphatic heterocycles. The van der Waals surface area contributed by atoms with Crippen LogP contribution in [0.5, 0.6) is 0 Å². The average Bonchev–Trinajstić information content (AvgIpc) is 2.44. The third-order valence-corrected chi connectivity index (χ3v) is 3.95. The Bertz CT molecular complexity index is 596. The highest BCUT2D eigenvalue weighted by Crippen LogP contribution is 2.34. The number of alkyl halides is 3. The van der Waals surface area contributed by atoms with Crippen molar-refractivity contribution < 1.29 is 22.7 Å². The highest BCUT2D eigenvalue weighted by molar-refractivity contribution is 5.68. The smallest absolute Gasteiger partial charge is 0.416 e. The molecule has 1 aliphatic rings. The summed E-state index contributed by atoms with van der Waals surface area (Å²) < 4.78 is 43.9. The fourth-order valence-corrected chi connectivity index (χ4v) is 2.83. The maximum atomic E-state index is 12.9. The minimum Gasteiger partial charge on any atom is -0.444 e. The summed E-state index contributed by atoms with van der Waals surface area (Å²) in [5.74, 6) is -0.217. The Kier molecular flexibility index (Phi) is 5.13. The first kappa shape index (κ1) is 18.6. The molecule has 1 fully saturated rings. The summed E-state index contributed by atoms with van der Waals surface area (Å²) in [4.78, 5) is 13.6. The fourth-order valence-electron chi connectivity index (χ4n) is 2.83. The summed E-state index contributed by atoms with van der Waals surface area (Å²) in [7, 11) is 0. The molecule has 0 spiro atoms. The molecule has 24 heavy (non-hydrogen) atoms. The Morgan fingerprint density at radius 3 is 2.50 bits per heavy atom. The summed E-state index contributed by atoms with van der Waals surface area (Å²) in [6, 6.07) is 4.81. The summed E-state index contributed by atoms with van der Waals surface area (Å²) in [6.45, 7) is 6.00. The number of rotatable bonds is 1. The van der Waals surface area contributed by atoms with Crippen LogP contribution >= 0.6 is 0 Å². The van der Waals surface area contributed by atoms with E-state index in [1.165, 1.54) is 11.0 Å². The highest BCUT2D eigenvalue weighted by Gasteiger charge is 2.35. The largest absolute Gasteiger partial charge is 0.444 e. The van der Waals surface area contributed by atoms with Crippen LogP contribution in [0.2, 0.25) is 0 Å². The maximum absolute atomic E-state index is 12.9. The van der Waals surface area contributed by atoms with Crippen LogP contribution in [0.25, 0.3) is 0 Å². The molecule has 0 radical (unpaired) electrons. The zero-order valence-electron chi connectivity index (χ0n) is 14.1. The molecule has 7 heteroatoms. The highest BCUT2D eigenvalue weighted by atomic mass is 19.4. The van der Waals surface area contributed by atoms with Crippen LogP contribution in [-0.2, 0) is 10.9 Å². The van der Waals surface area contributed by atoms with E-state index < -0.39 is 29.5 Å². The van der Waals surface area contributed by atoms with Gasteiger partial charge in [0.15, 0.2) is 0 Å². The molecule has 1 aromatic carbocycles. The normalized spacial score (nSPS) is 22.4. The standard InChI is InChI=1S/C17H23F3N2O2/c1-16(2,3)24-15(23)22-8-7-13(14(21)10-22)11-5-4-6-12(9-11)17(18,19)20/h4-6,9,13-14H,7-8,10,21H2,1-3H3/t13-,14-/m1/s1. The van der Waals surface area contributed by atoms with Crippen molar-refractivity contribution in [2.45, 2.75) is 50.9 Å². The predicted molar refractivity (Wildman–Crippen MR) is 84.6 cm³/mol. The molecular weight excluding hydrogens is 321 g/mol. The van der Waals surface area contributed by atoms with E-state index in [9.17, 15) is 18.0 Å². The molecule has 134 valence electrons. The first-order chi connectivity index (χ1) is 11.0. The van der Waals surface area contributed by atoms with Gasteiger partial charge in [-0.1, -0.05) is 18.2 Å². The lowest BCUT2D eigenvalue weighted by Gasteiger charge is -2.37. The van der Waals surface area contributed by atoms with Gasteiger partial charge in [-0.05, 0) is 38.8 Å². The number of likely N-dealkylation sites (tertiary alicyclic amines) is 1. The molecular formula is C17H23F3N2O2. The molecule has 0 aromatic heterocycles. The first-order valence-corrected chi connectivity index (χ1v) is 7.88. The van der Waals surface area contributed by atoms with Gasteiger partial charge in [-0.3, -0.25) is 0 Å². The Morgan fingerprint density at radius 1 is 1.29 bits per heavy atom. The maximum Gasteiger partial charge on any atom is 0.416 e. The number of ether oxygens (including phenoxy) is 1. The number of nitrogens with zero attached hydrogens (tertiary/aromatic N) is 1. The molecule has 1 heterocycles. The van der Waals surface area contributed by atoms with E-state index >= 15 is 0 Å². The number of carbonyl (C=O) groups excluding carboxylic acids is 1. The minimum atomic E-state index is -4.38. The van der Waals surface area contributed by atoms with Gasteiger partial charge in [0.25, 0.3) is 0 Å². The molecule has 0 unspecified atom stereocenters. The van der Waals surface area contributed by atoms with Crippen molar-refractivity contribution in [3.8, 4) is 0 Å². The third kappa shape index (κ3) is 4.63. The quantitative estimate of drug-likeness (QED) is 0.844. The summed E-state index contributed by atoms with van der Waals surface area (Å²) in [5, 5.41) is 0. The van der Waals surface area contributed by atoms with E-state index in [1.807, 2.05) is 0 Å². The van der Waals surface area contributed by atoms with Crippen LogP contribution < -0.4 is 5.73 Å². The lowest BCUT2D eigenvalue weighted by atomic mass is 9.85. The van der Waals surface area contributed by atoms with Gasteiger partial charge in [0, 0.05) is 25.0 Å². The lowest BCUT2D eigenvalue weighted by Crippen LogP contribution is -2.50. The number of hydrogen-bond donors (Lipinski definition) is 1. The van der Waals surface area contributed by atoms with Crippen molar-refractivity contribution in [3.63, 3.8) is 0 Å². The van der Waals surface area contributed by atoms with Crippen LogP contribution in [0, 0.1) is 0 Å². The Labute approximate surface area is 139 Å². The molecule has 0 saturated carbocycles. The predicted octanol–water partition coefficient (Wildman–Crippen LogP) is 3.76. The number of nitrogens with two attached hydrogens (primary N) is 1. The van der Waals surface area contributed by atoms with E-state index in [0.29, 0.717) is 18.5 Å². The second-order valence-electron chi connectivity index (χ2n) is 7.11. The molecule has 4 nitrogen and oxygen atoms in total. The molecule has 2 rings (SSSR count). The fraction of sp³-hybridized carbons (Fsp3) is 0.588. The van der Waals surface area contributed by atoms with Crippen LogP contribution in [0.1, 0.15) is 44.2 Å². The molecule has 2 N–H and O–H groups in total. The molecule has 1 amide bonds. The summed E-state index contributed by atoms with van der Waals surface area (Å²) >= 11 is 0. The van der Waals surface area contributed by atoms with E-state index in [0.717, 1.165) is 12.1 Å². The monoisotopic (exact) mass is 344 g/mol. The van der Waals surface area contributed by atoms with Gasteiger partial charge < -0.3 is 15.4 Å². The van der Waals surface area contributed by atoms with E-state index in [2.05, 4.69) is 0 Å². The van der Waals surface area contributed by atoms with Gasteiger partial charge in [-0.15, -0.1) is 0 Å². The van der Waals surface area contributed by atoms with Gasteiger partial charge in [-0.25, -0.2) is 4.79 Å². The van der Waals surface area contributed by atoms with Crippen LogP contribution in [0.15, 0.2) is 24.3 Å². The van der Waals surface area contributed by atoms with Crippen molar-refractivity contribution in [1.82, 2.24) is 4.90 Å². The zero-order chi connectivity index (χ0) is 18.1. The van der Waals surface area contributed by atoms with E-state index in [4.69, 9.17) is 10.5 Å². The van der Waals surface area contributed by atoms with Gasteiger partial charge in [0.1, 0.15) is 5.60 Å². The van der Waals surface area contributed by atoms with Gasteiger partial charge >= 0.3 is 12.3 Å². The Balaban J connectivity index is 2.08. The number of benzene rings is 1. The zero-order valence-corrected chi connectivity index (χ0v) is 14.1. The van der Waals surface area contributed by atoms with E-state index in [-0.39, 0.29) is 12.5 Å².